The Bertz CT molecular complexity index is 275. The first-order valence-corrected chi connectivity index (χ1v) is 7.43. The van der Waals surface area contributed by atoms with Crippen molar-refractivity contribution in [2.24, 2.45) is 0 Å². The third-order valence-corrected chi connectivity index (χ3v) is 5.04. The first kappa shape index (κ1) is 12.9. The molecule has 18 heavy (non-hydrogen) atoms. The van der Waals surface area contributed by atoms with Gasteiger partial charge in [-0.05, 0) is 25.7 Å². The van der Waals surface area contributed by atoms with E-state index in [-0.39, 0.29) is 5.60 Å². The minimum Gasteiger partial charge on any atom is -0.389 e. The average Bonchev–Trinajstić information content (AvgIpc) is 2.71. The number of aliphatic hydroxyl groups is 2. The predicted molar refractivity (Wildman–Crippen MR) is 68.4 cm³/mol. The topological polar surface area (TPSA) is 52.9 Å². The van der Waals surface area contributed by atoms with Gasteiger partial charge >= 0.3 is 0 Å². The van der Waals surface area contributed by atoms with Crippen LogP contribution in [-0.2, 0) is 4.74 Å². The summed E-state index contributed by atoms with van der Waals surface area (Å²) in [4.78, 5) is 2.27. The van der Waals surface area contributed by atoms with Gasteiger partial charge in [-0.3, -0.25) is 4.90 Å². The molecular weight excluding hydrogens is 230 g/mol. The van der Waals surface area contributed by atoms with Crippen LogP contribution in [0.2, 0.25) is 0 Å². The molecule has 0 aromatic heterocycles. The van der Waals surface area contributed by atoms with E-state index in [0.717, 1.165) is 19.4 Å². The molecule has 2 N–H and O–H groups in total. The molecule has 3 rings (SSSR count). The third-order valence-electron chi connectivity index (χ3n) is 5.04. The summed E-state index contributed by atoms with van der Waals surface area (Å²) in [6.07, 6.45) is 7.33. The van der Waals surface area contributed by atoms with Crippen molar-refractivity contribution in [2.45, 2.75) is 68.8 Å². The van der Waals surface area contributed by atoms with Crippen LogP contribution in [0.15, 0.2) is 0 Å². The highest BCUT2D eigenvalue weighted by atomic mass is 16.5. The molecule has 3 atom stereocenters. The van der Waals surface area contributed by atoms with Gasteiger partial charge in [-0.25, -0.2) is 0 Å². The predicted octanol–water partition coefficient (Wildman–Crippen LogP) is 0.906. The van der Waals surface area contributed by atoms with Gasteiger partial charge in [0.15, 0.2) is 0 Å². The summed E-state index contributed by atoms with van der Waals surface area (Å²) in [6, 6.07) is 0.489. The van der Waals surface area contributed by atoms with E-state index >= 15 is 0 Å². The van der Waals surface area contributed by atoms with E-state index < -0.39 is 12.2 Å². The van der Waals surface area contributed by atoms with Crippen molar-refractivity contribution >= 4 is 0 Å². The minimum absolute atomic E-state index is 0.111. The zero-order valence-electron chi connectivity index (χ0n) is 11.1. The number of β-amino-alcohol motifs (C(OH)–C–C–N with tert-alkyl or cyclic N) is 2. The number of hydrogen-bond donors (Lipinski definition) is 2. The van der Waals surface area contributed by atoms with E-state index in [4.69, 9.17) is 4.74 Å². The lowest BCUT2D eigenvalue weighted by Gasteiger charge is -2.45. The molecule has 1 aliphatic carbocycles. The van der Waals surface area contributed by atoms with Crippen molar-refractivity contribution < 1.29 is 14.9 Å². The van der Waals surface area contributed by atoms with Crippen LogP contribution in [0, 0.1) is 0 Å². The highest BCUT2D eigenvalue weighted by molar-refractivity contribution is 4.96. The molecule has 2 aliphatic heterocycles. The molecule has 1 spiro atoms. The molecule has 3 aliphatic rings. The van der Waals surface area contributed by atoms with Crippen LogP contribution < -0.4 is 0 Å². The smallest absolute Gasteiger partial charge is 0.0938 e. The Labute approximate surface area is 109 Å². The lowest BCUT2D eigenvalue weighted by molar-refractivity contribution is -0.123. The standard InChI is InChI=1S/C14H25NO3/c16-12-9-15(10-13(12)17)11-4-7-18-14(8-11)5-2-1-3-6-14/h11-13,16-17H,1-10H2. The summed E-state index contributed by atoms with van der Waals surface area (Å²) < 4.78 is 6.10. The van der Waals surface area contributed by atoms with Crippen molar-refractivity contribution in [3.63, 3.8) is 0 Å². The van der Waals surface area contributed by atoms with Crippen molar-refractivity contribution in [2.75, 3.05) is 19.7 Å². The van der Waals surface area contributed by atoms with Gasteiger partial charge in [0, 0.05) is 25.7 Å². The molecular formula is C14H25NO3. The molecule has 0 bridgehead atoms. The quantitative estimate of drug-likeness (QED) is 0.731. The molecule has 3 unspecified atom stereocenters. The summed E-state index contributed by atoms with van der Waals surface area (Å²) >= 11 is 0. The van der Waals surface area contributed by atoms with Crippen molar-refractivity contribution in [1.82, 2.24) is 4.90 Å². The fourth-order valence-electron chi connectivity index (χ4n) is 3.95. The second-order valence-electron chi connectivity index (χ2n) is 6.33. The molecule has 2 saturated heterocycles. The number of aliphatic hydroxyl groups excluding tert-OH is 2. The maximum absolute atomic E-state index is 9.68. The molecule has 104 valence electrons. The van der Waals surface area contributed by atoms with Crippen LogP contribution in [-0.4, -0.2) is 58.7 Å². The van der Waals surface area contributed by atoms with Gasteiger partial charge in [0.25, 0.3) is 0 Å². The zero-order chi connectivity index (χ0) is 12.6. The van der Waals surface area contributed by atoms with E-state index in [1.165, 1.54) is 32.1 Å². The lowest BCUT2D eigenvalue weighted by atomic mass is 9.78. The molecule has 0 amide bonds. The van der Waals surface area contributed by atoms with Gasteiger partial charge in [0.05, 0.1) is 17.8 Å². The van der Waals surface area contributed by atoms with Crippen LogP contribution in [0.5, 0.6) is 0 Å². The molecule has 0 radical (unpaired) electrons. The Morgan fingerprint density at radius 3 is 2.33 bits per heavy atom. The normalized spacial score (nSPS) is 41.3. The van der Waals surface area contributed by atoms with Crippen LogP contribution in [0.4, 0.5) is 0 Å². The minimum atomic E-state index is -0.560. The highest BCUT2D eigenvalue weighted by Crippen LogP contribution is 2.40. The SMILES string of the molecule is OC1CN(C2CCOC3(CCCCC3)C2)CC1O. The maximum atomic E-state index is 9.68. The summed E-state index contributed by atoms with van der Waals surface area (Å²) in [5, 5.41) is 19.4. The summed E-state index contributed by atoms with van der Waals surface area (Å²) in [5.41, 5.74) is 0.111. The highest BCUT2D eigenvalue weighted by Gasteiger charge is 2.42. The zero-order valence-corrected chi connectivity index (χ0v) is 11.1. The Kier molecular flexibility index (Phi) is 3.63. The second-order valence-corrected chi connectivity index (χ2v) is 6.33. The van der Waals surface area contributed by atoms with Crippen molar-refractivity contribution in [3.8, 4) is 0 Å². The first-order valence-electron chi connectivity index (χ1n) is 7.43. The lowest BCUT2D eigenvalue weighted by Crippen LogP contribution is -2.49. The largest absolute Gasteiger partial charge is 0.389 e. The van der Waals surface area contributed by atoms with Crippen LogP contribution in [0.25, 0.3) is 0 Å². The van der Waals surface area contributed by atoms with E-state index in [0.29, 0.717) is 19.1 Å². The number of nitrogens with zero attached hydrogens (tertiary/aromatic N) is 1. The molecule has 4 heteroatoms. The average molecular weight is 255 g/mol. The van der Waals surface area contributed by atoms with E-state index in [1.807, 2.05) is 0 Å². The van der Waals surface area contributed by atoms with Gasteiger partial charge in [-0.1, -0.05) is 19.3 Å². The Morgan fingerprint density at radius 1 is 1.00 bits per heavy atom. The van der Waals surface area contributed by atoms with Gasteiger partial charge in [-0.2, -0.15) is 0 Å². The van der Waals surface area contributed by atoms with Crippen LogP contribution in [0.1, 0.15) is 44.9 Å². The van der Waals surface area contributed by atoms with Crippen molar-refractivity contribution in [3.05, 3.63) is 0 Å². The Hall–Kier alpha value is -0.160. The van der Waals surface area contributed by atoms with Gasteiger partial charge in [-0.15, -0.1) is 0 Å². The van der Waals surface area contributed by atoms with E-state index in [2.05, 4.69) is 4.90 Å². The molecule has 4 nitrogen and oxygen atoms in total. The Balaban J connectivity index is 1.63. The number of hydrogen-bond acceptors (Lipinski definition) is 4. The second kappa shape index (κ2) is 5.08. The van der Waals surface area contributed by atoms with Crippen LogP contribution in [0.3, 0.4) is 0 Å². The molecule has 3 fully saturated rings. The Morgan fingerprint density at radius 2 is 1.67 bits per heavy atom. The van der Waals surface area contributed by atoms with Gasteiger partial charge in [0.2, 0.25) is 0 Å². The van der Waals surface area contributed by atoms with Crippen LogP contribution >= 0.6 is 0 Å². The fraction of sp³-hybridized carbons (Fsp3) is 1.00. The summed E-state index contributed by atoms with van der Waals surface area (Å²) in [6.45, 7) is 2.09. The fourth-order valence-corrected chi connectivity index (χ4v) is 3.95. The number of rotatable bonds is 1. The third kappa shape index (κ3) is 2.44. The van der Waals surface area contributed by atoms with Gasteiger partial charge < -0.3 is 14.9 Å². The summed E-state index contributed by atoms with van der Waals surface area (Å²) in [7, 11) is 0. The van der Waals surface area contributed by atoms with E-state index in [9.17, 15) is 10.2 Å². The first-order chi connectivity index (χ1) is 8.69. The number of likely N-dealkylation sites (tertiary alicyclic amines) is 1. The summed E-state index contributed by atoms with van der Waals surface area (Å²) in [5.74, 6) is 0. The molecule has 1 saturated carbocycles. The molecule has 2 heterocycles. The number of ether oxygens (including phenoxy) is 1. The maximum Gasteiger partial charge on any atom is 0.0938 e. The van der Waals surface area contributed by atoms with Crippen molar-refractivity contribution in [1.29, 1.82) is 0 Å². The molecule has 0 aromatic carbocycles. The van der Waals surface area contributed by atoms with Gasteiger partial charge in [0.1, 0.15) is 0 Å². The molecule has 0 aromatic rings. The van der Waals surface area contributed by atoms with E-state index in [1.54, 1.807) is 0 Å². The monoisotopic (exact) mass is 255 g/mol.